The van der Waals surface area contributed by atoms with Crippen LogP contribution in [0.25, 0.3) is 0 Å². The molecule has 0 bridgehead atoms. The zero-order valence-electron chi connectivity index (χ0n) is 28.5. The predicted molar refractivity (Wildman–Crippen MR) is 187 cm³/mol. The van der Waals surface area contributed by atoms with Crippen LogP contribution in [0.1, 0.15) is 62.5 Å². The Morgan fingerprint density at radius 1 is 0.938 bits per heavy atom. The number of ether oxygens (including phenoxy) is 6. The van der Waals surface area contributed by atoms with E-state index in [9.17, 15) is 10.0 Å². The highest BCUT2D eigenvalue weighted by molar-refractivity contribution is 7.99. The summed E-state index contributed by atoms with van der Waals surface area (Å²) >= 11 is 7.69. The minimum atomic E-state index is -0.744. The van der Waals surface area contributed by atoms with Gasteiger partial charge in [-0.25, -0.2) is 9.86 Å². The van der Waals surface area contributed by atoms with Crippen LogP contribution < -0.4 is 29.0 Å². The van der Waals surface area contributed by atoms with E-state index < -0.39 is 11.6 Å². The molecule has 1 aliphatic rings. The first-order valence-corrected chi connectivity index (χ1v) is 17.0. The quantitative estimate of drug-likeness (QED) is 0.0742. The molecule has 12 heteroatoms. The van der Waals surface area contributed by atoms with E-state index >= 15 is 0 Å². The van der Waals surface area contributed by atoms with Crippen LogP contribution in [0.2, 0.25) is 5.02 Å². The molecule has 1 saturated heterocycles. The largest absolute Gasteiger partial charge is 0.493 e. The molecule has 10 nitrogen and oxygen atoms in total. The summed E-state index contributed by atoms with van der Waals surface area (Å²) in [5, 5.41) is 14.1. The number of benzene rings is 3. The van der Waals surface area contributed by atoms with Crippen LogP contribution in [-0.2, 0) is 11.2 Å². The second-order valence-corrected chi connectivity index (χ2v) is 13.7. The van der Waals surface area contributed by atoms with Crippen LogP contribution in [0.3, 0.4) is 0 Å². The van der Waals surface area contributed by atoms with E-state index in [0.29, 0.717) is 57.6 Å². The smallest absolute Gasteiger partial charge is 0.345 e. The third-order valence-electron chi connectivity index (χ3n) is 7.73. The van der Waals surface area contributed by atoms with Crippen molar-refractivity contribution in [2.24, 2.45) is 0 Å². The number of methoxy groups -OCH3 is 4. The Balaban J connectivity index is 1.55. The van der Waals surface area contributed by atoms with Gasteiger partial charge in [-0.05, 0) is 99.7 Å². The third kappa shape index (κ3) is 9.43. The summed E-state index contributed by atoms with van der Waals surface area (Å²) in [6.45, 7) is 5.64. The van der Waals surface area contributed by atoms with Crippen LogP contribution in [0.4, 0.5) is 4.79 Å². The molecule has 3 aromatic carbocycles. The number of amides is 2. The summed E-state index contributed by atoms with van der Waals surface area (Å²) in [5.41, 5.74) is 2.00. The highest BCUT2D eigenvalue weighted by Crippen LogP contribution is 2.47. The van der Waals surface area contributed by atoms with Crippen molar-refractivity contribution in [3.63, 3.8) is 0 Å². The maximum Gasteiger partial charge on any atom is 0.345 e. The second-order valence-electron chi connectivity index (χ2n) is 12.1. The molecule has 0 radical (unpaired) electrons. The van der Waals surface area contributed by atoms with Crippen LogP contribution in [-0.4, -0.2) is 62.6 Å². The first-order valence-electron chi connectivity index (χ1n) is 15.6. The molecule has 1 aliphatic heterocycles. The van der Waals surface area contributed by atoms with Gasteiger partial charge in [0.1, 0.15) is 0 Å². The van der Waals surface area contributed by atoms with Crippen molar-refractivity contribution in [2.45, 2.75) is 62.7 Å². The SMILES string of the molecule is COc1cc(C2CCC(c3cc(OC)c(OC)c(OC)c3)O2)cc(C/C=C/NC(=O)N(O)C(C)(C)C)c1OCCSc1ccc(Cl)cc1. The average Bonchev–Trinajstić information content (AvgIpc) is 3.58. The summed E-state index contributed by atoms with van der Waals surface area (Å²) in [6, 6.07) is 14.9. The zero-order chi connectivity index (χ0) is 34.8. The molecule has 0 aliphatic carbocycles. The molecular formula is C36H45ClN2O8S. The predicted octanol–water partition coefficient (Wildman–Crippen LogP) is 8.39. The molecule has 2 unspecified atom stereocenters. The third-order valence-corrected chi connectivity index (χ3v) is 8.95. The minimum absolute atomic E-state index is 0.182. The van der Waals surface area contributed by atoms with Crippen molar-refractivity contribution in [2.75, 3.05) is 40.8 Å². The molecule has 48 heavy (non-hydrogen) atoms. The molecule has 4 rings (SSSR count). The number of carbonyl (C=O) groups excluding carboxylic acids is 1. The normalized spacial score (nSPS) is 16.1. The van der Waals surface area contributed by atoms with Gasteiger partial charge in [-0.3, -0.25) is 5.21 Å². The van der Waals surface area contributed by atoms with Crippen molar-refractivity contribution in [3.8, 4) is 28.7 Å². The molecule has 3 aromatic rings. The summed E-state index contributed by atoms with van der Waals surface area (Å²) in [4.78, 5) is 13.5. The molecule has 0 spiro atoms. The minimum Gasteiger partial charge on any atom is -0.493 e. The Labute approximate surface area is 292 Å². The summed E-state index contributed by atoms with van der Waals surface area (Å²) in [5.74, 6) is 3.59. The van der Waals surface area contributed by atoms with Gasteiger partial charge in [0.15, 0.2) is 23.0 Å². The van der Waals surface area contributed by atoms with E-state index in [0.717, 1.165) is 34.4 Å². The van der Waals surface area contributed by atoms with Crippen molar-refractivity contribution in [3.05, 3.63) is 82.5 Å². The standard InChI is InChI=1S/C36H45ClN2O8S/c1-36(2,3)39(41)35(40)38-16-8-9-23-19-24(20-30(42-4)33(23)46-17-18-48-27-12-10-26(37)11-13-27)28-14-15-29(47-28)25-21-31(43-5)34(45-7)32(22-25)44-6/h8,10-13,16,19-22,28-29,41H,9,14-15,17-18H2,1-7H3,(H,38,40)/b16-8+. The van der Waals surface area contributed by atoms with Crippen LogP contribution >= 0.6 is 23.4 Å². The average molecular weight is 701 g/mol. The fraction of sp³-hybridized carbons (Fsp3) is 0.417. The van der Waals surface area contributed by atoms with Gasteiger partial charge in [-0.15, -0.1) is 11.8 Å². The van der Waals surface area contributed by atoms with Crippen molar-refractivity contribution in [1.82, 2.24) is 10.4 Å². The molecule has 1 heterocycles. The topological polar surface area (TPSA) is 108 Å². The van der Waals surface area contributed by atoms with E-state index in [2.05, 4.69) is 11.4 Å². The van der Waals surface area contributed by atoms with Gasteiger partial charge < -0.3 is 33.7 Å². The fourth-order valence-corrected chi connectivity index (χ4v) is 6.12. The maximum atomic E-state index is 12.4. The molecule has 2 N–H and O–H groups in total. The molecular weight excluding hydrogens is 656 g/mol. The summed E-state index contributed by atoms with van der Waals surface area (Å²) in [6.07, 6.45) is 4.94. The lowest BCUT2D eigenvalue weighted by atomic mass is 9.99. The van der Waals surface area contributed by atoms with Crippen molar-refractivity contribution < 1.29 is 38.4 Å². The molecule has 260 valence electrons. The summed E-state index contributed by atoms with van der Waals surface area (Å²) < 4.78 is 35.4. The Bertz CT molecular complexity index is 1540. The van der Waals surface area contributed by atoms with Gasteiger partial charge >= 0.3 is 6.03 Å². The zero-order valence-corrected chi connectivity index (χ0v) is 30.1. The maximum absolute atomic E-state index is 12.4. The molecule has 0 saturated carbocycles. The highest BCUT2D eigenvalue weighted by atomic mass is 35.5. The van der Waals surface area contributed by atoms with Crippen molar-refractivity contribution in [1.29, 1.82) is 0 Å². The van der Waals surface area contributed by atoms with E-state index in [-0.39, 0.29) is 12.2 Å². The molecule has 2 atom stereocenters. The first kappa shape index (κ1) is 37.1. The number of hydrogen-bond acceptors (Lipinski definition) is 9. The number of nitrogens with zero attached hydrogens (tertiary/aromatic N) is 1. The number of halogens is 1. The van der Waals surface area contributed by atoms with Crippen LogP contribution in [0.5, 0.6) is 28.7 Å². The highest BCUT2D eigenvalue weighted by Gasteiger charge is 2.31. The molecule has 2 amide bonds. The Morgan fingerprint density at radius 3 is 2.04 bits per heavy atom. The number of allylic oxidation sites excluding steroid dienone is 1. The van der Waals surface area contributed by atoms with Gasteiger partial charge in [0, 0.05) is 27.4 Å². The van der Waals surface area contributed by atoms with Gasteiger partial charge in [0.2, 0.25) is 5.75 Å². The lowest BCUT2D eigenvalue weighted by Crippen LogP contribution is -2.46. The van der Waals surface area contributed by atoms with Gasteiger partial charge in [-0.1, -0.05) is 17.7 Å². The van der Waals surface area contributed by atoms with E-state index in [4.69, 9.17) is 40.0 Å². The molecule has 1 fully saturated rings. The second kappa shape index (κ2) is 17.1. The van der Waals surface area contributed by atoms with Gasteiger partial charge in [-0.2, -0.15) is 0 Å². The number of hydroxylamine groups is 2. The van der Waals surface area contributed by atoms with Crippen molar-refractivity contribution >= 4 is 29.4 Å². The number of hydrogen-bond donors (Lipinski definition) is 2. The molecule has 0 aromatic heterocycles. The fourth-order valence-electron chi connectivity index (χ4n) is 5.27. The van der Waals surface area contributed by atoms with Gasteiger partial charge in [0.25, 0.3) is 0 Å². The Kier molecular flexibility index (Phi) is 13.2. The monoisotopic (exact) mass is 700 g/mol. The first-order chi connectivity index (χ1) is 23.0. The van der Waals surface area contributed by atoms with E-state index in [1.807, 2.05) is 42.5 Å². The number of urea groups is 1. The van der Waals surface area contributed by atoms with Crippen LogP contribution in [0, 0.1) is 0 Å². The number of nitrogens with one attached hydrogen (secondary N) is 1. The van der Waals surface area contributed by atoms with E-state index in [1.54, 1.807) is 67.0 Å². The Hall–Kier alpha value is -3.77. The lowest BCUT2D eigenvalue weighted by Gasteiger charge is -2.28. The van der Waals surface area contributed by atoms with Gasteiger partial charge in [0.05, 0.1) is 52.8 Å². The number of thioether (sulfide) groups is 1. The van der Waals surface area contributed by atoms with Crippen LogP contribution in [0.15, 0.2) is 65.7 Å². The van der Waals surface area contributed by atoms with E-state index in [1.165, 1.54) is 6.20 Å². The number of carbonyl (C=O) groups is 1. The lowest BCUT2D eigenvalue weighted by molar-refractivity contribution is -0.106. The number of rotatable bonds is 14. The Morgan fingerprint density at radius 2 is 1.50 bits per heavy atom. The summed E-state index contributed by atoms with van der Waals surface area (Å²) in [7, 11) is 6.38.